The number of unbranched alkanes of at least 4 members (excludes halogenated alkanes) is 11. The van der Waals surface area contributed by atoms with Gasteiger partial charge >= 0.3 is 0 Å². The van der Waals surface area contributed by atoms with Crippen molar-refractivity contribution in [3.05, 3.63) is 42.2 Å². The third-order valence-electron chi connectivity index (χ3n) is 5.68. The Morgan fingerprint density at radius 3 is 1.77 bits per heavy atom. The summed E-state index contributed by atoms with van der Waals surface area (Å²) in [6.45, 7) is 5.28. The molecule has 0 N–H and O–H groups in total. The lowest BCUT2D eigenvalue weighted by molar-refractivity contribution is 0.302. The van der Waals surface area contributed by atoms with E-state index in [1.165, 1.54) is 82.6 Å². The van der Waals surface area contributed by atoms with Gasteiger partial charge in [-0.25, -0.2) is 9.97 Å². The van der Waals surface area contributed by atoms with Crippen molar-refractivity contribution in [1.82, 2.24) is 9.97 Å². The molecule has 3 nitrogen and oxygen atoms in total. The molecule has 0 saturated carbocycles. The zero-order chi connectivity index (χ0) is 21.3. The molecule has 0 aliphatic rings. The molecule has 30 heavy (non-hydrogen) atoms. The first kappa shape index (κ1) is 24.4. The highest BCUT2D eigenvalue weighted by atomic mass is 16.5. The Balaban J connectivity index is 1.64. The largest absolute Gasteiger partial charge is 0.490 e. The average molecular weight is 411 g/mol. The molecule has 1 heterocycles. The summed E-state index contributed by atoms with van der Waals surface area (Å²) in [5.41, 5.74) is 2.47. The van der Waals surface area contributed by atoms with E-state index in [1.807, 2.05) is 0 Å². The fourth-order valence-electron chi connectivity index (χ4n) is 3.72. The second kappa shape index (κ2) is 15.9. The van der Waals surface area contributed by atoms with Gasteiger partial charge in [0.2, 0.25) is 0 Å². The predicted molar refractivity (Wildman–Crippen MR) is 128 cm³/mol. The van der Waals surface area contributed by atoms with Gasteiger partial charge in [0.15, 0.2) is 11.6 Å². The Morgan fingerprint density at radius 2 is 1.17 bits per heavy atom. The summed E-state index contributed by atoms with van der Waals surface area (Å²) in [5.74, 6) is 1.54. The molecule has 0 radical (unpaired) electrons. The van der Waals surface area contributed by atoms with Gasteiger partial charge < -0.3 is 4.74 Å². The SMILES string of the molecule is CCCCCCCCCCOc1cnc(-c2ccc(CCCCCCC)cc2)nc1. The lowest BCUT2D eigenvalue weighted by atomic mass is 10.0. The van der Waals surface area contributed by atoms with E-state index in [-0.39, 0.29) is 0 Å². The molecule has 0 unspecified atom stereocenters. The van der Waals surface area contributed by atoms with Gasteiger partial charge in [0, 0.05) is 5.56 Å². The van der Waals surface area contributed by atoms with Crippen LogP contribution >= 0.6 is 0 Å². The van der Waals surface area contributed by atoms with E-state index in [9.17, 15) is 0 Å². The molecule has 2 rings (SSSR count). The molecule has 0 amide bonds. The van der Waals surface area contributed by atoms with Crippen molar-refractivity contribution in [2.45, 2.75) is 104 Å². The Morgan fingerprint density at radius 1 is 0.633 bits per heavy atom. The number of hydrogen-bond acceptors (Lipinski definition) is 3. The zero-order valence-corrected chi connectivity index (χ0v) is 19.4. The first-order valence-electron chi connectivity index (χ1n) is 12.4. The van der Waals surface area contributed by atoms with Crippen LogP contribution in [0, 0.1) is 0 Å². The minimum atomic E-state index is 0.755. The van der Waals surface area contributed by atoms with E-state index in [0.717, 1.165) is 36.6 Å². The minimum Gasteiger partial charge on any atom is -0.490 e. The summed E-state index contributed by atoms with van der Waals surface area (Å²) in [7, 11) is 0. The number of benzene rings is 1. The van der Waals surface area contributed by atoms with E-state index in [1.54, 1.807) is 12.4 Å². The molecule has 0 saturated heterocycles. The number of hydrogen-bond donors (Lipinski definition) is 0. The lowest BCUT2D eigenvalue weighted by Crippen LogP contribution is -1.99. The van der Waals surface area contributed by atoms with Gasteiger partial charge in [0.25, 0.3) is 0 Å². The summed E-state index contributed by atoms with van der Waals surface area (Å²) < 4.78 is 5.81. The van der Waals surface area contributed by atoms with Crippen LogP contribution in [0.1, 0.15) is 103 Å². The molecule has 0 fully saturated rings. The Kier molecular flexibility index (Phi) is 12.9. The van der Waals surface area contributed by atoms with Gasteiger partial charge in [-0.1, -0.05) is 109 Å². The second-order valence-electron chi connectivity index (χ2n) is 8.43. The summed E-state index contributed by atoms with van der Waals surface area (Å²) in [4.78, 5) is 8.99. The van der Waals surface area contributed by atoms with Crippen LogP contribution in [0.25, 0.3) is 11.4 Å². The first-order chi connectivity index (χ1) is 14.8. The summed E-state index contributed by atoms with van der Waals surface area (Å²) in [5, 5.41) is 0. The summed E-state index contributed by atoms with van der Waals surface area (Å²) >= 11 is 0. The van der Waals surface area contributed by atoms with Gasteiger partial charge in [0.1, 0.15) is 0 Å². The fraction of sp³-hybridized carbons (Fsp3) is 0.630. The van der Waals surface area contributed by atoms with Crippen LogP contribution in [-0.4, -0.2) is 16.6 Å². The molecule has 1 aromatic heterocycles. The smallest absolute Gasteiger partial charge is 0.159 e. The summed E-state index contributed by atoms with van der Waals surface area (Å²) in [6, 6.07) is 8.70. The highest BCUT2D eigenvalue weighted by Crippen LogP contribution is 2.19. The molecule has 0 aliphatic heterocycles. The summed E-state index contributed by atoms with van der Waals surface area (Å²) in [6.07, 6.45) is 21.9. The minimum absolute atomic E-state index is 0.755. The molecular weight excluding hydrogens is 368 g/mol. The van der Waals surface area contributed by atoms with Crippen molar-refractivity contribution in [1.29, 1.82) is 0 Å². The maximum atomic E-state index is 5.81. The van der Waals surface area contributed by atoms with Gasteiger partial charge in [-0.3, -0.25) is 0 Å². The molecule has 3 heteroatoms. The van der Waals surface area contributed by atoms with E-state index in [4.69, 9.17) is 4.74 Å². The van der Waals surface area contributed by atoms with Crippen molar-refractivity contribution >= 4 is 0 Å². The molecule has 0 aliphatic carbocycles. The molecule has 1 aromatic carbocycles. The van der Waals surface area contributed by atoms with Crippen LogP contribution in [0.4, 0.5) is 0 Å². The first-order valence-corrected chi connectivity index (χ1v) is 12.4. The fourth-order valence-corrected chi connectivity index (χ4v) is 3.72. The predicted octanol–water partition coefficient (Wildman–Crippen LogP) is 8.18. The number of ether oxygens (including phenoxy) is 1. The molecule has 2 aromatic rings. The molecule has 0 spiro atoms. The molecule has 0 atom stereocenters. The molecule has 166 valence electrons. The third-order valence-corrected chi connectivity index (χ3v) is 5.68. The van der Waals surface area contributed by atoms with Crippen LogP contribution in [0.15, 0.2) is 36.7 Å². The maximum absolute atomic E-state index is 5.81. The van der Waals surface area contributed by atoms with Crippen molar-refractivity contribution in [3.63, 3.8) is 0 Å². The zero-order valence-electron chi connectivity index (χ0n) is 19.4. The van der Waals surface area contributed by atoms with Crippen molar-refractivity contribution in [2.75, 3.05) is 6.61 Å². The van der Waals surface area contributed by atoms with Crippen molar-refractivity contribution in [3.8, 4) is 17.1 Å². The van der Waals surface area contributed by atoms with E-state index in [0.29, 0.717) is 0 Å². The monoisotopic (exact) mass is 410 g/mol. The van der Waals surface area contributed by atoms with E-state index >= 15 is 0 Å². The Hall–Kier alpha value is -1.90. The van der Waals surface area contributed by atoms with E-state index in [2.05, 4.69) is 48.1 Å². The Labute approximate surface area is 184 Å². The number of aromatic nitrogens is 2. The van der Waals surface area contributed by atoms with Gasteiger partial charge in [0.05, 0.1) is 19.0 Å². The van der Waals surface area contributed by atoms with Crippen LogP contribution in [-0.2, 0) is 6.42 Å². The average Bonchev–Trinajstić information content (AvgIpc) is 2.79. The standard InChI is InChI=1S/C27H42N2O/c1-3-5-7-9-10-11-13-15-21-30-26-22-28-27(29-23-26)25-19-17-24(18-20-25)16-14-12-8-6-4-2/h17-20,22-23H,3-16,21H2,1-2H3. The third kappa shape index (κ3) is 10.2. The highest BCUT2D eigenvalue weighted by molar-refractivity contribution is 5.55. The highest BCUT2D eigenvalue weighted by Gasteiger charge is 2.03. The van der Waals surface area contributed by atoms with Gasteiger partial charge in [-0.05, 0) is 24.8 Å². The number of aryl methyl sites for hydroxylation is 1. The molecule has 0 bridgehead atoms. The lowest BCUT2D eigenvalue weighted by Gasteiger charge is -2.07. The van der Waals surface area contributed by atoms with Crippen molar-refractivity contribution in [2.24, 2.45) is 0 Å². The van der Waals surface area contributed by atoms with Gasteiger partial charge in [-0.15, -0.1) is 0 Å². The van der Waals surface area contributed by atoms with Gasteiger partial charge in [-0.2, -0.15) is 0 Å². The van der Waals surface area contributed by atoms with Crippen LogP contribution in [0.5, 0.6) is 5.75 Å². The maximum Gasteiger partial charge on any atom is 0.159 e. The number of nitrogens with zero attached hydrogens (tertiary/aromatic N) is 2. The van der Waals surface area contributed by atoms with Crippen LogP contribution in [0.3, 0.4) is 0 Å². The second-order valence-corrected chi connectivity index (χ2v) is 8.43. The molecular formula is C27H42N2O. The Bertz CT molecular complexity index is 652. The van der Waals surface area contributed by atoms with Crippen LogP contribution in [0.2, 0.25) is 0 Å². The van der Waals surface area contributed by atoms with Crippen LogP contribution < -0.4 is 4.74 Å². The number of rotatable bonds is 17. The quantitative estimate of drug-likeness (QED) is 0.247. The normalized spacial score (nSPS) is 11.0. The topological polar surface area (TPSA) is 35.0 Å². The van der Waals surface area contributed by atoms with Crippen molar-refractivity contribution < 1.29 is 4.74 Å². The van der Waals surface area contributed by atoms with E-state index < -0.39 is 0 Å².